The third kappa shape index (κ3) is 4.39. The van der Waals surface area contributed by atoms with Crippen molar-refractivity contribution in [2.45, 2.75) is 19.8 Å². The number of hydrogen-bond donors (Lipinski definition) is 0. The molecule has 2 aromatic heterocycles. The van der Waals surface area contributed by atoms with Crippen LogP contribution >= 0.6 is 0 Å². The summed E-state index contributed by atoms with van der Waals surface area (Å²) in [7, 11) is 0. The van der Waals surface area contributed by atoms with Crippen molar-refractivity contribution in [3.8, 4) is 11.6 Å². The predicted octanol–water partition coefficient (Wildman–Crippen LogP) is 2.13. The first-order valence-electron chi connectivity index (χ1n) is 9.44. The standard InChI is InChI=1S/C20H23N5O3/c1-15-4-6-17(7-5-15)27-12-16-3-2-10-24(11-16)20(26)13-28-19-9-8-18-22-21-14-25(18)23-19/h4-9,14,16H,2-3,10-13H2,1H3. The number of carbonyl (C=O) groups is 1. The lowest BCUT2D eigenvalue weighted by atomic mass is 9.99. The maximum Gasteiger partial charge on any atom is 0.260 e. The van der Waals surface area contributed by atoms with Crippen molar-refractivity contribution in [3.63, 3.8) is 0 Å². The van der Waals surface area contributed by atoms with E-state index in [4.69, 9.17) is 9.47 Å². The molecule has 146 valence electrons. The minimum Gasteiger partial charge on any atom is -0.493 e. The van der Waals surface area contributed by atoms with Crippen LogP contribution in [0.15, 0.2) is 42.7 Å². The number of amides is 1. The maximum atomic E-state index is 12.5. The van der Waals surface area contributed by atoms with Gasteiger partial charge in [0.15, 0.2) is 12.3 Å². The van der Waals surface area contributed by atoms with Gasteiger partial charge in [-0.25, -0.2) is 0 Å². The summed E-state index contributed by atoms with van der Waals surface area (Å²) in [6.45, 7) is 4.06. The molecule has 1 aromatic carbocycles. The summed E-state index contributed by atoms with van der Waals surface area (Å²) >= 11 is 0. The molecular weight excluding hydrogens is 358 g/mol. The van der Waals surface area contributed by atoms with Gasteiger partial charge in [-0.1, -0.05) is 17.7 Å². The summed E-state index contributed by atoms with van der Waals surface area (Å²) in [4.78, 5) is 14.4. The molecule has 3 aromatic rings. The van der Waals surface area contributed by atoms with Crippen LogP contribution in [0.1, 0.15) is 18.4 Å². The van der Waals surface area contributed by atoms with E-state index < -0.39 is 0 Å². The van der Waals surface area contributed by atoms with Crippen LogP contribution < -0.4 is 9.47 Å². The Labute approximate surface area is 163 Å². The van der Waals surface area contributed by atoms with E-state index in [2.05, 4.69) is 22.2 Å². The minimum atomic E-state index is -0.0364. The van der Waals surface area contributed by atoms with Gasteiger partial charge in [0.25, 0.3) is 5.91 Å². The van der Waals surface area contributed by atoms with E-state index in [0.717, 1.165) is 25.1 Å². The van der Waals surface area contributed by atoms with Crippen LogP contribution in [0.25, 0.3) is 5.65 Å². The predicted molar refractivity (Wildman–Crippen MR) is 102 cm³/mol. The molecule has 0 N–H and O–H groups in total. The van der Waals surface area contributed by atoms with Crippen LogP contribution in [-0.4, -0.2) is 56.9 Å². The third-order valence-corrected chi connectivity index (χ3v) is 4.86. The second-order valence-electron chi connectivity index (χ2n) is 7.07. The van der Waals surface area contributed by atoms with Gasteiger partial charge in [0.05, 0.1) is 6.61 Å². The molecule has 1 amide bonds. The van der Waals surface area contributed by atoms with E-state index in [1.165, 1.54) is 16.4 Å². The van der Waals surface area contributed by atoms with E-state index in [-0.39, 0.29) is 12.5 Å². The smallest absolute Gasteiger partial charge is 0.260 e. The molecule has 1 unspecified atom stereocenters. The van der Waals surface area contributed by atoms with E-state index in [1.54, 1.807) is 12.1 Å². The van der Waals surface area contributed by atoms with Crippen LogP contribution in [0.5, 0.6) is 11.6 Å². The fraction of sp³-hybridized carbons (Fsp3) is 0.400. The molecule has 1 aliphatic heterocycles. The van der Waals surface area contributed by atoms with Gasteiger partial charge in [-0.05, 0) is 38.0 Å². The molecule has 0 aliphatic carbocycles. The number of piperidine rings is 1. The molecule has 8 heteroatoms. The zero-order valence-corrected chi connectivity index (χ0v) is 15.8. The lowest BCUT2D eigenvalue weighted by molar-refractivity contribution is -0.135. The molecule has 1 saturated heterocycles. The van der Waals surface area contributed by atoms with Gasteiger partial charge in [0.2, 0.25) is 5.88 Å². The van der Waals surface area contributed by atoms with Crippen LogP contribution in [0.3, 0.4) is 0 Å². The highest BCUT2D eigenvalue weighted by Crippen LogP contribution is 2.19. The highest BCUT2D eigenvalue weighted by atomic mass is 16.5. The highest BCUT2D eigenvalue weighted by molar-refractivity contribution is 5.77. The summed E-state index contributed by atoms with van der Waals surface area (Å²) in [6, 6.07) is 11.5. The van der Waals surface area contributed by atoms with E-state index in [9.17, 15) is 4.79 Å². The number of hydrogen-bond acceptors (Lipinski definition) is 6. The number of ether oxygens (including phenoxy) is 2. The van der Waals surface area contributed by atoms with E-state index in [1.807, 2.05) is 29.2 Å². The monoisotopic (exact) mass is 381 g/mol. The summed E-state index contributed by atoms with van der Waals surface area (Å²) in [5.41, 5.74) is 1.84. The lowest BCUT2D eigenvalue weighted by Crippen LogP contribution is -2.43. The summed E-state index contributed by atoms with van der Waals surface area (Å²) in [5, 5.41) is 11.9. The molecule has 0 bridgehead atoms. The molecule has 1 atom stereocenters. The number of aromatic nitrogens is 4. The van der Waals surface area contributed by atoms with Gasteiger partial charge in [0.1, 0.15) is 12.1 Å². The highest BCUT2D eigenvalue weighted by Gasteiger charge is 2.24. The van der Waals surface area contributed by atoms with Crippen molar-refractivity contribution in [2.24, 2.45) is 5.92 Å². The van der Waals surface area contributed by atoms with Crippen LogP contribution in [-0.2, 0) is 4.79 Å². The van der Waals surface area contributed by atoms with E-state index in [0.29, 0.717) is 30.6 Å². The molecular formula is C20H23N5O3. The molecule has 1 aliphatic rings. The Morgan fingerprint density at radius 2 is 2.04 bits per heavy atom. The van der Waals surface area contributed by atoms with Crippen molar-refractivity contribution in [1.29, 1.82) is 0 Å². The Morgan fingerprint density at radius 1 is 1.18 bits per heavy atom. The molecule has 28 heavy (non-hydrogen) atoms. The molecule has 4 rings (SSSR count). The lowest BCUT2D eigenvalue weighted by Gasteiger charge is -2.32. The number of aryl methyl sites for hydroxylation is 1. The third-order valence-electron chi connectivity index (χ3n) is 4.86. The first-order valence-corrected chi connectivity index (χ1v) is 9.44. The number of carbonyl (C=O) groups excluding carboxylic acids is 1. The fourth-order valence-corrected chi connectivity index (χ4v) is 3.29. The van der Waals surface area contributed by atoms with Crippen molar-refractivity contribution in [2.75, 3.05) is 26.3 Å². The first-order chi connectivity index (χ1) is 13.7. The molecule has 0 spiro atoms. The number of nitrogens with zero attached hydrogens (tertiary/aromatic N) is 5. The zero-order valence-electron chi connectivity index (χ0n) is 15.8. The zero-order chi connectivity index (χ0) is 19.3. The van der Waals surface area contributed by atoms with Crippen LogP contribution in [0, 0.1) is 12.8 Å². The van der Waals surface area contributed by atoms with Gasteiger partial charge in [0, 0.05) is 25.1 Å². The van der Waals surface area contributed by atoms with Crippen LogP contribution in [0.2, 0.25) is 0 Å². The van der Waals surface area contributed by atoms with Crippen LogP contribution in [0.4, 0.5) is 0 Å². The molecule has 1 fully saturated rings. The van der Waals surface area contributed by atoms with Crippen molar-refractivity contribution >= 4 is 11.6 Å². The quantitative estimate of drug-likeness (QED) is 0.651. The summed E-state index contributed by atoms with van der Waals surface area (Å²) < 4.78 is 13.0. The Balaban J connectivity index is 1.27. The number of rotatable bonds is 6. The first kappa shape index (κ1) is 18.2. The molecule has 0 saturated carbocycles. The Bertz CT molecular complexity index is 940. The van der Waals surface area contributed by atoms with Crippen molar-refractivity contribution in [3.05, 3.63) is 48.3 Å². The van der Waals surface area contributed by atoms with Gasteiger partial charge in [-0.2, -0.15) is 4.52 Å². The molecule has 0 radical (unpaired) electrons. The molecule has 3 heterocycles. The normalized spacial score (nSPS) is 16.9. The van der Waals surface area contributed by atoms with E-state index >= 15 is 0 Å². The number of benzene rings is 1. The fourth-order valence-electron chi connectivity index (χ4n) is 3.29. The second-order valence-corrected chi connectivity index (χ2v) is 7.07. The second kappa shape index (κ2) is 8.24. The van der Waals surface area contributed by atoms with Crippen molar-refractivity contribution < 1.29 is 14.3 Å². The number of fused-ring (bicyclic) bond motifs is 1. The Hall–Kier alpha value is -3.16. The van der Waals surface area contributed by atoms with Gasteiger partial charge < -0.3 is 14.4 Å². The average Bonchev–Trinajstić information content (AvgIpc) is 3.20. The average molecular weight is 381 g/mol. The Morgan fingerprint density at radius 3 is 2.89 bits per heavy atom. The Kier molecular flexibility index (Phi) is 5.36. The summed E-state index contributed by atoms with van der Waals surface area (Å²) in [5.74, 6) is 1.53. The molecule has 8 nitrogen and oxygen atoms in total. The van der Waals surface area contributed by atoms with Crippen molar-refractivity contribution in [1.82, 2.24) is 24.7 Å². The van der Waals surface area contributed by atoms with Gasteiger partial charge in [-0.3, -0.25) is 4.79 Å². The van der Waals surface area contributed by atoms with Gasteiger partial charge in [-0.15, -0.1) is 15.3 Å². The maximum absolute atomic E-state index is 12.5. The SMILES string of the molecule is Cc1ccc(OCC2CCCN(C(=O)COc3ccc4nncn4n3)C2)cc1. The minimum absolute atomic E-state index is 0.0355. The summed E-state index contributed by atoms with van der Waals surface area (Å²) in [6.07, 6.45) is 3.52. The number of likely N-dealkylation sites (tertiary alicyclic amines) is 1. The largest absolute Gasteiger partial charge is 0.493 e. The topological polar surface area (TPSA) is 81.8 Å². The van der Waals surface area contributed by atoms with Gasteiger partial charge >= 0.3 is 0 Å².